The molecule has 0 aliphatic carbocycles. The van der Waals surface area contributed by atoms with Gasteiger partial charge in [-0.1, -0.05) is 6.92 Å². The second kappa shape index (κ2) is 4.22. The fourth-order valence-corrected chi connectivity index (χ4v) is 1.55. The van der Waals surface area contributed by atoms with Gasteiger partial charge in [-0.25, -0.2) is 4.98 Å². The second-order valence-electron chi connectivity index (χ2n) is 3.45. The Kier molecular flexibility index (Phi) is 2.76. The molecular formula is C11H13N5. The minimum atomic E-state index is 0.251. The Balaban J connectivity index is 2.58. The Labute approximate surface area is 93.8 Å². The number of rotatable bonds is 2. The van der Waals surface area contributed by atoms with E-state index in [1.165, 1.54) is 0 Å². The first-order valence-corrected chi connectivity index (χ1v) is 5.12. The molecule has 16 heavy (non-hydrogen) atoms. The van der Waals surface area contributed by atoms with Gasteiger partial charge in [0.1, 0.15) is 5.82 Å². The summed E-state index contributed by atoms with van der Waals surface area (Å²) in [6, 6.07) is 1.90. The average Bonchev–Trinajstić information content (AvgIpc) is 2.27. The highest BCUT2D eigenvalue weighted by Crippen LogP contribution is 2.19. The monoisotopic (exact) mass is 215 g/mol. The third-order valence-electron chi connectivity index (χ3n) is 2.29. The lowest BCUT2D eigenvalue weighted by Gasteiger charge is -2.06. The first kappa shape index (κ1) is 10.5. The zero-order chi connectivity index (χ0) is 11.5. The van der Waals surface area contributed by atoms with Crippen molar-refractivity contribution < 1.29 is 0 Å². The van der Waals surface area contributed by atoms with Crippen molar-refractivity contribution in [1.29, 1.82) is 0 Å². The summed E-state index contributed by atoms with van der Waals surface area (Å²) in [5.41, 5.74) is 7.68. The quantitative estimate of drug-likeness (QED) is 0.819. The predicted molar refractivity (Wildman–Crippen MR) is 61.6 cm³/mol. The van der Waals surface area contributed by atoms with Crippen molar-refractivity contribution in [1.82, 2.24) is 19.9 Å². The summed E-state index contributed by atoms with van der Waals surface area (Å²) >= 11 is 0. The first-order chi connectivity index (χ1) is 7.70. The summed E-state index contributed by atoms with van der Waals surface area (Å²) in [4.78, 5) is 16.5. The number of nitrogens with two attached hydrogens (primary N) is 1. The molecule has 0 aliphatic rings. The molecule has 0 aromatic carbocycles. The smallest absolute Gasteiger partial charge is 0.223 e. The number of aryl methyl sites for hydroxylation is 2. The second-order valence-corrected chi connectivity index (χ2v) is 3.45. The Morgan fingerprint density at radius 1 is 1.25 bits per heavy atom. The molecule has 5 nitrogen and oxygen atoms in total. The minimum absolute atomic E-state index is 0.251. The number of nitrogens with zero attached hydrogens (tertiary/aromatic N) is 4. The Morgan fingerprint density at radius 3 is 2.75 bits per heavy atom. The number of pyridine rings is 1. The molecule has 0 atom stereocenters. The highest BCUT2D eigenvalue weighted by atomic mass is 15.1. The lowest BCUT2D eigenvalue weighted by atomic mass is 10.1. The van der Waals surface area contributed by atoms with E-state index < -0.39 is 0 Å². The fraction of sp³-hybridized carbons (Fsp3) is 0.273. The van der Waals surface area contributed by atoms with Gasteiger partial charge >= 0.3 is 0 Å². The van der Waals surface area contributed by atoms with Gasteiger partial charge in [-0.2, -0.15) is 9.97 Å². The van der Waals surface area contributed by atoms with E-state index in [0.717, 1.165) is 17.5 Å². The van der Waals surface area contributed by atoms with Crippen LogP contribution in [0, 0.1) is 6.92 Å². The third-order valence-corrected chi connectivity index (χ3v) is 2.29. The Bertz CT molecular complexity index is 489. The molecule has 0 saturated carbocycles. The molecular weight excluding hydrogens is 202 g/mol. The molecule has 0 unspecified atom stereocenters. The molecule has 82 valence electrons. The van der Waals surface area contributed by atoms with Crippen molar-refractivity contribution in [2.45, 2.75) is 20.3 Å². The Morgan fingerprint density at radius 2 is 2.06 bits per heavy atom. The van der Waals surface area contributed by atoms with Crippen LogP contribution in [0.3, 0.4) is 0 Å². The number of anilines is 1. The number of hydrogen-bond acceptors (Lipinski definition) is 5. The summed E-state index contributed by atoms with van der Waals surface area (Å²) in [5.74, 6) is 1.49. The summed E-state index contributed by atoms with van der Waals surface area (Å²) < 4.78 is 0. The summed E-state index contributed by atoms with van der Waals surface area (Å²) in [6.07, 6.45) is 4.43. The van der Waals surface area contributed by atoms with Gasteiger partial charge in [-0.3, -0.25) is 4.98 Å². The molecule has 2 heterocycles. The van der Waals surface area contributed by atoms with Crippen LogP contribution in [-0.2, 0) is 6.42 Å². The molecule has 0 saturated heterocycles. The topological polar surface area (TPSA) is 77.6 Å². The predicted octanol–water partition coefficient (Wildman–Crippen LogP) is 1.39. The van der Waals surface area contributed by atoms with Crippen molar-refractivity contribution in [3.63, 3.8) is 0 Å². The number of aromatic nitrogens is 4. The SMILES string of the molecule is CCc1cnccc1-c1nc(C)nc(N)n1. The Hall–Kier alpha value is -2.04. The third kappa shape index (κ3) is 1.98. The van der Waals surface area contributed by atoms with Gasteiger partial charge in [-0.15, -0.1) is 0 Å². The molecule has 2 rings (SSSR count). The molecule has 0 bridgehead atoms. The van der Waals surface area contributed by atoms with Crippen LogP contribution in [0.5, 0.6) is 0 Å². The van der Waals surface area contributed by atoms with Crippen molar-refractivity contribution >= 4 is 5.95 Å². The van der Waals surface area contributed by atoms with Crippen LogP contribution in [-0.4, -0.2) is 19.9 Å². The maximum absolute atomic E-state index is 5.61. The van der Waals surface area contributed by atoms with Crippen LogP contribution in [0.2, 0.25) is 0 Å². The maximum atomic E-state index is 5.61. The van der Waals surface area contributed by atoms with Crippen LogP contribution in [0.1, 0.15) is 18.3 Å². The van der Waals surface area contributed by atoms with E-state index in [2.05, 4.69) is 26.9 Å². The summed E-state index contributed by atoms with van der Waals surface area (Å²) in [5, 5.41) is 0. The minimum Gasteiger partial charge on any atom is -0.368 e. The van der Waals surface area contributed by atoms with Gasteiger partial charge in [0, 0.05) is 18.0 Å². The zero-order valence-corrected chi connectivity index (χ0v) is 9.31. The fourth-order valence-electron chi connectivity index (χ4n) is 1.55. The molecule has 2 aromatic rings. The zero-order valence-electron chi connectivity index (χ0n) is 9.31. The average molecular weight is 215 g/mol. The standard InChI is InChI=1S/C11H13N5/c1-3-8-6-13-5-4-9(8)10-14-7(2)15-11(12)16-10/h4-6H,3H2,1-2H3,(H2,12,14,15,16). The van der Waals surface area contributed by atoms with Crippen molar-refractivity contribution in [2.24, 2.45) is 0 Å². The van der Waals surface area contributed by atoms with Gasteiger partial charge in [0.15, 0.2) is 5.82 Å². The summed E-state index contributed by atoms with van der Waals surface area (Å²) in [7, 11) is 0. The normalized spacial score (nSPS) is 10.4. The van der Waals surface area contributed by atoms with Crippen LogP contribution >= 0.6 is 0 Å². The van der Waals surface area contributed by atoms with Crippen LogP contribution in [0.4, 0.5) is 5.95 Å². The first-order valence-electron chi connectivity index (χ1n) is 5.12. The van der Waals surface area contributed by atoms with E-state index >= 15 is 0 Å². The van der Waals surface area contributed by atoms with Crippen molar-refractivity contribution in [3.05, 3.63) is 29.8 Å². The molecule has 0 amide bonds. The molecule has 0 fully saturated rings. The van der Waals surface area contributed by atoms with Crippen molar-refractivity contribution in [3.8, 4) is 11.4 Å². The lowest BCUT2D eigenvalue weighted by Crippen LogP contribution is -2.03. The van der Waals surface area contributed by atoms with E-state index in [4.69, 9.17) is 5.73 Å². The van der Waals surface area contributed by atoms with Gasteiger partial charge in [-0.05, 0) is 25.0 Å². The largest absolute Gasteiger partial charge is 0.368 e. The van der Waals surface area contributed by atoms with Crippen LogP contribution < -0.4 is 5.73 Å². The van der Waals surface area contributed by atoms with E-state index in [1.807, 2.05) is 12.3 Å². The molecule has 2 aromatic heterocycles. The van der Waals surface area contributed by atoms with E-state index in [-0.39, 0.29) is 5.95 Å². The van der Waals surface area contributed by atoms with Crippen LogP contribution in [0.15, 0.2) is 18.5 Å². The van der Waals surface area contributed by atoms with E-state index in [1.54, 1.807) is 13.1 Å². The molecule has 0 aliphatic heterocycles. The number of nitrogen functional groups attached to an aromatic ring is 1. The molecule has 5 heteroatoms. The van der Waals surface area contributed by atoms with E-state index in [9.17, 15) is 0 Å². The van der Waals surface area contributed by atoms with E-state index in [0.29, 0.717) is 11.6 Å². The highest BCUT2D eigenvalue weighted by Gasteiger charge is 2.08. The van der Waals surface area contributed by atoms with Gasteiger partial charge in [0.2, 0.25) is 5.95 Å². The van der Waals surface area contributed by atoms with Gasteiger partial charge in [0.25, 0.3) is 0 Å². The van der Waals surface area contributed by atoms with Crippen molar-refractivity contribution in [2.75, 3.05) is 5.73 Å². The summed E-state index contributed by atoms with van der Waals surface area (Å²) in [6.45, 7) is 3.87. The van der Waals surface area contributed by atoms with Gasteiger partial charge in [0.05, 0.1) is 0 Å². The molecule has 2 N–H and O–H groups in total. The maximum Gasteiger partial charge on any atom is 0.223 e. The highest BCUT2D eigenvalue weighted by molar-refractivity contribution is 5.59. The molecule has 0 radical (unpaired) electrons. The van der Waals surface area contributed by atoms with Gasteiger partial charge < -0.3 is 5.73 Å². The lowest BCUT2D eigenvalue weighted by molar-refractivity contribution is 0.987. The number of hydrogen-bond donors (Lipinski definition) is 1. The molecule has 0 spiro atoms. The van der Waals surface area contributed by atoms with Crippen LogP contribution in [0.25, 0.3) is 11.4 Å².